The quantitative estimate of drug-likeness (QED) is 0.776. The topological polar surface area (TPSA) is 12.0 Å². The standard InChI is InChI=1S/C12H15ClFN/c1-12(2)11(3-4-15-12)8-5-9(13)7-10(14)6-8/h5-7,11,15H,3-4H2,1-2H3. The third-order valence-electron chi connectivity index (χ3n) is 3.17. The van der Waals surface area contributed by atoms with Crippen LogP contribution in [0.4, 0.5) is 4.39 Å². The molecular formula is C12H15ClFN. The average Bonchev–Trinajstić information content (AvgIpc) is 2.43. The summed E-state index contributed by atoms with van der Waals surface area (Å²) >= 11 is 5.86. The highest BCUT2D eigenvalue weighted by molar-refractivity contribution is 6.30. The Morgan fingerprint density at radius 2 is 2.13 bits per heavy atom. The maximum atomic E-state index is 13.2. The molecule has 15 heavy (non-hydrogen) atoms. The molecule has 0 aliphatic carbocycles. The molecule has 1 N–H and O–H groups in total. The van der Waals surface area contributed by atoms with Crippen LogP contribution < -0.4 is 5.32 Å². The van der Waals surface area contributed by atoms with Crippen molar-refractivity contribution >= 4 is 11.6 Å². The van der Waals surface area contributed by atoms with E-state index in [1.54, 1.807) is 6.07 Å². The van der Waals surface area contributed by atoms with Gasteiger partial charge in [0.1, 0.15) is 5.82 Å². The van der Waals surface area contributed by atoms with Gasteiger partial charge in [0.25, 0.3) is 0 Å². The molecule has 1 saturated heterocycles. The van der Waals surface area contributed by atoms with Gasteiger partial charge in [-0.15, -0.1) is 0 Å². The molecule has 3 heteroatoms. The fourth-order valence-corrected chi connectivity index (χ4v) is 2.61. The molecule has 1 aliphatic heterocycles. The molecule has 0 radical (unpaired) electrons. The molecule has 0 saturated carbocycles. The van der Waals surface area contributed by atoms with E-state index in [4.69, 9.17) is 11.6 Å². The number of rotatable bonds is 1. The van der Waals surface area contributed by atoms with Crippen LogP contribution in [-0.2, 0) is 0 Å². The van der Waals surface area contributed by atoms with Crippen LogP contribution in [0.1, 0.15) is 31.7 Å². The van der Waals surface area contributed by atoms with Crippen molar-refractivity contribution in [1.29, 1.82) is 0 Å². The second kappa shape index (κ2) is 3.76. The summed E-state index contributed by atoms with van der Waals surface area (Å²) in [4.78, 5) is 0. The van der Waals surface area contributed by atoms with Crippen LogP contribution in [0, 0.1) is 5.82 Å². The predicted molar refractivity (Wildman–Crippen MR) is 60.8 cm³/mol. The van der Waals surface area contributed by atoms with E-state index in [9.17, 15) is 4.39 Å². The summed E-state index contributed by atoms with van der Waals surface area (Å²) in [5.74, 6) is 0.0888. The molecule has 0 bridgehead atoms. The van der Waals surface area contributed by atoms with Crippen LogP contribution in [0.3, 0.4) is 0 Å². The first-order valence-corrected chi connectivity index (χ1v) is 5.58. The first kappa shape index (κ1) is 10.9. The van der Waals surface area contributed by atoms with Gasteiger partial charge in [0, 0.05) is 16.5 Å². The van der Waals surface area contributed by atoms with Gasteiger partial charge < -0.3 is 5.32 Å². The average molecular weight is 228 g/mol. The Bertz CT molecular complexity index is 356. The van der Waals surface area contributed by atoms with E-state index in [0.29, 0.717) is 10.9 Å². The van der Waals surface area contributed by atoms with Crippen LogP contribution in [0.25, 0.3) is 0 Å². The van der Waals surface area contributed by atoms with Crippen LogP contribution in [0.5, 0.6) is 0 Å². The van der Waals surface area contributed by atoms with Gasteiger partial charge in [-0.25, -0.2) is 4.39 Å². The van der Waals surface area contributed by atoms with Gasteiger partial charge in [-0.2, -0.15) is 0 Å². The fourth-order valence-electron chi connectivity index (χ4n) is 2.38. The Kier molecular flexibility index (Phi) is 2.73. The fraction of sp³-hybridized carbons (Fsp3) is 0.500. The summed E-state index contributed by atoms with van der Waals surface area (Å²) in [6.45, 7) is 5.26. The molecule has 0 spiro atoms. The number of nitrogens with one attached hydrogen (secondary N) is 1. The van der Waals surface area contributed by atoms with Gasteiger partial charge in [0.05, 0.1) is 0 Å². The first-order chi connectivity index (χ1) is 6.99. The lowest BCUT2D eigenvalue weighted by Crippen LogP contribution is -2.36. The van der Waals surface area contributed by atoms with E-state index in [0.717, 1.165) is 18.5 Å². The molecule has 1 aromatic carbocycles. The van der Waals surface area contributed by atoms with E-state index >= 15 is 0 Å². The van der Waals surface area contributed by atoms with E-state index in [-0.39, 0.29) is 11.4 Å². The van der Waals surface area contributed by atoms with E-state index in [2.05, 4.69) is 19.2 Å². The van der Waals surface area contributed by atoms with Crippen molar-refractivity contribution in [2.75, 3.05) is 6.54 Å². The van der Waals surface area contributed by atoms with Gasteiger partial charge in [-0.05, 0) is 50.6 Å². The van der Waals surface area contributed by atoms with Crippen molar-refractivity contribution < 1.29 is 4.39 Å². The molecule has 82 valence electrons. The summed E-state index contributed by atoms with van der Waals surface area (Å²) in [5, 5.41) is 3.90. The Morgan fingerprint density at radius 3 is 2.67 bits per heavy atom. The SMILES string of the molecule is CC1(C)NCCC1c1cc(F)cc(Cl)c1. The zero-order valence-corrected chi connectivity index (χ0v) is 9.74. The molecule has 1 unspecified atom stereocenters. The summed E-state index contributed by atoms with van der Waals surface area (Å²) < 4.78 is 13.2. The highest BCUT2D eigenvalue weighted by Gasteiger charge is 2.35. The van der Waals surface area contributed by atoms with Crippen LogP contribution >= 0.6 is 11.6 Å². The first-order valence-electron chi connectivity index (χ1n) is 5.20. The Balaban J connectivity index is 2.37. The number of hydrogen-bond donors (Lipinski definition) is 1. The second-order valence-electron chi connectivity index (χ2n) is 4.69. The third-order valence-corrected chi connectivity index (χ3v) is 3.39. The molecule has 1 nitrogen and oxygen atoms in total. The van der Waals surface area contributed by atoms with Crippen LogP contribution in [0.15, 0.2) is 18.2 Å². The molecule has 0 aromatic heterocycles. The Hall–Kier alpha value is -0.600. The lowest BCUT2D eigenvalue weighted by Gasteiger charge is -2.27. The lowest BCUT2D eigenvalue weighted by atomic mass is 9.83. The Labute approximate surface area is 94.6 Å². The van der Waals surface area contributed by atoms with Crippen molar-refractivity contribution in [3.8, 4) is 0 Å². The zero-order chi connectivity index (χ0) is 11.1. The normalized spacial score (nSPS) is 24.4. The zero-order valence-electron chi connectivity index (χ0n) is 8.98. The number of hydrogen-bond acceptors (Lipinski definition) is 1. The van der Waals surface area contributed by atoms with Crippen molar-refractivity contribution in [3.63, 3.8) is 0 Å². The summed E-state index contributed by atoms with van der Waals surface area (Å²) in [7, 11) is 0. The van der Waals surface area contributed by atoms with Crippen molar-refractivity contribution in [3.05, 3.63) is 34.6 Å². The molecule has 1 atom stereocenters. The smallest absolute Gasteiger partial charge is 0.124 e. The van der Waals surface area contributed by atoms with Gasteiger partial charge in [-0.1, -0.05) is 11.6 Å². The van der Waals surface area contributed by atoms with Crippen LogP contribution in [0.2, 0.25) is 5.02 Å². The van der Waals surface area contributed by atoms with Gasteiger partial charge >= 0.3 is 0 Å². The summed E-state index contributed by atoms with van der Waals surface area (Å²) in [6, 6.07) is 4.80. The maximum Gasteiger partial charge on any atom is 0.124 e. The summed E-state index contributed by atoms with van der Waals surface area (Å²) in [5.41, 5.74) is 1.02. The summed E-state index contributed by atoms with van der Waals surface area (Å²) in [6.07, 6.45) is 1.03. The Morgan fingerprint density at radius 1 is 1.40 bits per heavy atom. The van der Waals surface area contributed by atoms with Crippen molar-refractivity contribution in [2.45, 2.75) is 31.7 Å². The largest absolute Gasteiger partial charge is 0.311 e. The molecule has 1 aliphatic rings. The molecular weight excluding hydrogens is 213 g/mol. The lowest BCUT2D eigenvalue weighted by molar-refractivity contribution is 0.410. The molecule has 1 heterocycles. The minimum absolute atomic E-state index is 0.0249. The van der Waals surface area contributed by atoms with E-state index in [1.807, 2.05) is 6.07 Å². The molecule has 1 fully saturated rings. The monoisotopic (exact) mass is 227 g/mol. The predicted octanol–water partition coefficient (Wildman–Crippen LogP) is 3.33. The van der Waals surface area contributed by atoms with Gasteiger partial charge in [-0.3, -0.25) is 0 Å². The van der Waals surface area contributed by atoms with Gasteiger partial charge in [0.2, 0.25) is 0 Å². The number of halogens is 2. The molecule has 1 aromatic rings. The van der Waals surface area contributed by atoms with Gasteiger partial charge in [0.15, 0.2) is 0 Å². The highest BCUT2D eigenvalue weighted by Crippen LogP contribution is 2.36. The third kappa shape index (κ3) is 2.16. The second-order valence-corrected chi connectivity index (χ2v) is 5.13. The van der Waals surface area contributed by atoms with Crippen LogP contribution in [-0.4, -0.2) is 12.1 Å². The molecule has 2 rings (SSSR count). The van der Waals surface area contributed by atoms with Crippen molar-refractivity contribution in [2.24, 2.45) is 0 Å². The van der Waals surface area contributed by atoms with E-state index in [1.165, 1.54) is 6.07 Å². The minimum atomic E-state index is -0.250. The minimum Gasteiger partial charge on any atom is -0.311 e. The van der Waals surface area contributed by atoms with Crippen molar-refractivity contribution in [1.82, 2.24) is 5.32 Å². The number of benzene rings is 1. The highest BCUT2D eigenvalue weighted by atomic mass is 35.5. The molecule has 0 amide bonds. The maximum absolute atomic E-state index is 13.2. The van der Waals surface area contributed by atoms with E-state index < -0.39 is 0 Å².